The fourth-order valence-electron chi connectivity index (χ4n) is 3.43. The predicted molar refractivity (Wildman–Crippen MR) is 128 cm³/mol. The van der Waals surface area contributed by atoms with Crippen molar-refractivity contribution in [2.24, 2.45) is 0 Å². The van der Waals surface area contributed by atoms with E-state index in [9.17, 15) is 13.2 Å². The molecular formula is C23H22Cl2N2O3S2. The number of sulfonamides is 1. The van der Waals surface area contributed by atoms with Crippen molar-refractivity contribution >= 4 is 50.5 Å². The molecule has 0 saturated heterocycles. The summed E-state index contributed by atoms with van der Waals surface area (Å²) in [7, 11) is -3.98. The van der Waals surface area contributed by atoms with Gasteiger partial charge in [-0.3, -0.25) is 4.79 Å². The van der Waals surface area contributed by atoms with Crippen molar-refractivity contribution in [3.8, 4) is 0 Å². The van der Waals surface area contributed by atoms with Crippen molar-refractivity contribution in [2.75, 3.05) is 6.54 Å². The number of halogens is 2. The van der Waals surface area contributed by atoms with E-state index in [1.807, 2.05) is 47.8 Å². The summed E-state index contributed by atoms with van der Waals surface area (Å²) >= 11 is 13.8. The molecule has 0 unspecified atom stereocenters. The maximum absolute atomic E-state index is 13.4. The molecule has 1 aliphatic carbocycles. The van der Waals surface area contributed by atoms with E-state index < -0.39 is 10.0 Å². The van der Waals surface area contributed by atoms with Gasteiger partial charge >= 0.3 is 0 Å². The number of thiophene rings is 1. The Kier molecular flexibility index (Phi) is 7.22. The van der Waals surface area contributed by atoms with Crippen LogP contribution in [-0.4, -0.2) is 36.1 Å². The normalized spacial score (nSPS) is 14.0. The molecule has 1 aliphatic rings. The third-order valence-electron chi connectivity index (χ3n) is 5.22. The molecule has 1 saturated carbocycles. The van der Waals surface area contributed by atoms with Crippen LogP contribution >= 0.6 is 34.5 Å². The van der Waals surface area contributed by atoms with E-state index in [0.717, 1.165) is 10.4 Å². The van der Waals surface area contributed by atoms with Crippen molar-refractivity contribution < 1.29 is 13.2 Å². The van der Waals surface area contributed by atoms with E-state index in [2.05, 4.69) is 0 Å². The summed E-state index contributed by atoms with van der Waals surface area (Å²) in [6.45, 7) is 0.573. The number of hydrogen-bond donors (Lipinski definition) is 0. The second-order valence-electron chi connectivity index (χ2n) is 7.67. The predicted octanol–water partition coefficient (Wildman–Crippen LogP) is 5.44. The molecule has 0 aliphatic heterocycles. The summed E-state index contributed by atoms with van der Waals surface area (Å²) in [6, 6.07) is 17.7. The summed E-state index contributed by atoms with van der Waals surface area (Å²) in [6.07, 6.45) is 1.43. The van der Waals surface area contributed by atoms with Crippen molar-refractivity contribution in [1.82, 2.24) is 9.21 Å². The quantitative estimate of drug-likeness (QED) is 0.386. The Balaban J connectivity index is 1.60. The molecule has 1 amide bonds. The molecule has 0 spiro atoms. The Labute approximate surface area is 202 Å². The lowest BCUT2D eigenvalue weighted by Gasteiger charge is -2.27. The number of carbonyl (C=O) groups is 1. The van der Waals surface area contributed by atoms with Gasteiger partial charge < -0.3 is 4.90 Å². The molecule has 9 heteroatoms. The van der Waals surface area contributed by atoms with Crippen LogP contribution in [0.15, 0.2) is 70.9 Å². The number of nitrogens with zero attached hydrogens (tertiary/aromatic N) is 2. The first-order valence-corrected chi connectivity index (χ1v) is 13.2. The smallest absolute Gasteiger partial charge is 0.245 e. The lowest BCUT2D eigenvalue weighted by molar-refractivity contribution is -0.132. The summed E-state index contributed by atoms with van der Waals surface area (Å²) in [4.78, 5) is 16.1. The molecule has 5 nitrogen and oxygen atoms in total. The van der Waals surface area contributed by atoms with E-state index >= 15 is 0 Å². The van der Waals surface area contributed by atoms with E-state index in [4.69, 9.17) is 23.2 Å². The van der Waals surface area contributed by atoms with Crippen LogP contribution in [0.1, 0.15) is 23.3 Å². The molecule has 0 radical (unpaired) electrons. The van der Waals surface area contributed by atoms with E-state index in [-0.39, 0.29) is 33.4 Å². The largest absolute Gasteiger partial charge is 0.332 e. The summed E-state index contributed by atoms with van der Waals surface area (Å²) < 4.78 is 28.1. The molecule has 1 fully saturated rings. The highest BCUT2D eigenvalue weighted by Crippen LogP contribution is 2.35. The Morgan fingerprint density at radius 1 is 1.00 bits per heavy atom. The van der Waals surface area contributed by atoms with Gasteiger partial charge in [0.05, 0.1) is 18.1 Å². The van der Waals surface area contributed by atoms with Gasteiger partial charge in [0.15, 0.2) is 0 Å². The van der Waals surface area contributed by atoms with Crippen molar-refractivity contribution in [1.29, 1.82) is 0 Å². The van der Waals surface area contributed by atoms with Gasteiger partial charge in [-0.05, 0) is 48.1 Å². The molecule has 0 bridgehead atoms. The Hall–Kier alpha value is -1.90. The average Bonchev–Trinajstić information content (AvgIpc) is 3.48. The molecule has 1 aromatic heterocycles. The van der Waals surface area contributed by atoms with E-state index in [0.29, 0.717) is 25.9 Å². The van der Waals surface area contributed by atoms with E-state index in [1.165, 1.54) is 22.5 Å². The summed E-state index contributed by atoms with van der Waals surface area (Å²) in [5.74, 6) is -0.254. The molecule has 1 heterocycles. The minimum Gasteiger partial charge on any atom is -0.332 e. The molecule has 2 aromatic carbocycles. The van der Waals surface area contributed by atoms with Crippen molar-refractivity contribution in [3.05, 3.63) is 86.5 Å². The van der Waals surface area contributed by atoms with Crippen LogP contribution in [0.2, 0.25) is 10.0 Å². The first-order chi connectivity index (χ1) is 15.3. The maximum atomic E-state index is 13.4. The molecule has 4 rings (SSSR count). The van der Waals surface area contributed by atoms with Crippen LogP contribution < -0.4 is 0 Å². The van der Waals surface area contributed by atoms with Gasteiger partial charge in [0.1, 0.15) is 4.90 Å². The number of benzene rings is 2. The van der Waals surface area contributed by atoms with Gasteiger partial charge in [-0.15, -0.1) is 11.3 Å². The monoisotopic (exact) mass is 508 g/mol. The lowest BCUT2D eigenvalue weighted by Crippen LogP contribution is -2.43. The molecular weight excluding hydrogens is 487 g/mol. The maximum Gasteiger partial charge on any atom is 0.245 e. The van der Waals surface area contributed by atoms with Crippen LogP contribution in [0.5, 0.6) is 0 Å². The zero-order valence-corrected chi connectivity index (χ0v) is 20.3. The highest BCUT2D eigenvalue weighted by atomic mass is 35.5. The minimum atomic E-state index is -3.98. The number of hydrogen-bond acceptors (Lipinski definition) is 4. The Morgan fingerprint density at radius 3 is 2.41 bits per heavy atom. The lowest BCUT2D eigenvalue weighted by atomic mass is 10.2. The van der Waals surface area contributed by atoms with Crippen LogP contribution in [0, 0.1) is 0 Å². The second-order valence-corrected chi connectivity index (χ2v) is 11.4. The van der Waals surface area contributed by atoms with Crippen LogP contribution in [0.25, 0.3) is 0 Å². The van der Waals surface area contributed by atoms with Gasteiger partial charge in [-0.25, -0.2) is 8.42 Å². The van der Waals surface area contributed by atoms with Gasteiger partial charge in [0, 0.05) is 22.5 Å². The van der Waals surface area contributed by atoms with Gasteiger partial charge in [-0.1, -0.05) is 59.6 Å². The third kappa shape index (κ3) is 5.53. The van der Waals surface area contributed by atoms with Gasteiger partial charge in [0.25, 0.3) is 0 Å². The molecule has 0 atom stereocenters. The third-order valence-corrected chi connectivity index (χ3v) is 8.70. The fourth-order valence-corrected chi connectivity index (χ4v) is 6.53. The fraction of sp³-hybridized carbons (Fsp3) is 0.261. The molecule has 3 aromatic rings. The van der Waals surface area contributed by atoms with E-state index in [1.54, 1.807) is 16.2 Å². The molecule has 32 heavy (non-hydrogen) atoms. The SMILES string of the molecule is O=C(CN(C1CC1)S(=O)(=O)c1cc(Cl)ccc1Cl)N(Cc1ccccc1)Cc1cccs1. The minimum absolute atomic E-state index is 0.0702. The van der Waals surface area contributed by atoms with Crippen molar-refractivity contribution in [2.45, 2.75) is 36.9 Å². The second kappa shape index (κ2) is 9.93. The standard InChI is InChI=1S/C23H22Cl2N2O3S2/c24-18-8-11-21(25)22(13-18)32(29,30)27(19-9-10-19)16-23(28)26(15-20-7-4-12-31-20)14-17-5-2-1-3-6-17/h1-8,11-13,19H,9-10,14-16H2. The average molecular weight is 509 g/mol. The van der Waals surface area contributed by atoms with Crippen LogP contribution in [0.4, 0.5) is 0 Å². The van der Waals surface area contributed by atoms with Crippen LogP contribution in [0.3, 0.4) is 0 Å². The Morgan fingerprint density at radius 2 is 1.75 bits per heavy atom. The summed E-state index contributed by atoms with van der Waals surface area (Å²) in [5, 5.41) is 2.33. The number of amides is 1. The topological polar surface area (TPSA) is 57.7 Å². The Bertz CT molecular complexity index is 1180. The van der Waals surface area contributed by atoms with Gasteiger partial charge in [-0.2, -0.15) is 4.31 Å². The molecule has 168 valence electrons. The highest BCUT2D eigenvalue weighted by molar-refractivity contribution is 7.89. The first kappa shape index (κ1) is 23.3. The number of carbonyl (C=O) groups excluding carboxylic acids is 1. The van der Waals surface area contributed by atoms with Gasteiger partial charge in [0.2, 0.25) is 15.9 Å². The highest BCUT2D eigenvalue weighted by Gasteiger charge is 2.41. The zero-order chi connectivity index (χ0) is 22.7. The molecule has 0 N–H and O–H groups in total. The van der Waals surface area contributed by atoms with Crippen molar-refractivity contribution in [3.63, 3.8) is 0 Å². The zero-order valence-electron chi connectivity index (χ0n) is 17.2. The summed E-state index contributed by atoms with van der Waals surface area (Å²) in [5.41, 5.74) is 0.983. The van der Waals surface area contributed by atoms with Crippen LogP contribution in [-0.2, 0) is 27.9 Å². The first-order valence-electron chi connectivity index (χ1n) is 10.2. The number of rotatable bonds is 9.